The van der Waals surface area contributed by atoms with E-state index in [1.807, 2.05) is 51.1 Å². The van der Waals surface area contributed by atoms with E-state index in [9.17, 15) is 18.0 Å². The molecule has 1 heterocycles. The van der Waals surface area contributed by atoms with Crippen molar-refractivity contribution in [2.24, 2.45) is 11.8 Å². The Morgan fingerprint density at radius 2 is 1.76 bits per heavy atom. The van der Waals surface area contributed by atoms with Crippen molar-refractivity contribution in [3.8, 4) is 0 Å². The Bertz CT molecular complexity index is 1050. The second-order valence-corrected chi connectivity index (χ2v) is 11.7. The maximum absolute atomic E-state index is 13.3. The Morgan fingerprint density at radius 3 is 2.39 bits per heavy atom. The lowest BCUT2D eigenvalue weighted by molar-refractivity contribution is -0.153. The van der Waals surface area contributed by atoms with E-state index in [1.165, 1.54) is 4.31 Å². The Balaban J connectivity index is 1.73. The smallest absolute Gasteiger partial charge is 0.309 e. The third-order valence-electron chi connectivity index (χ3n) is 5.83. The zero-order valence-electron chi connectivity index (χ0n) is 19.3. The molecule has 2 aromatic carbocycles. The Morgan fingerprint density at radius 1 is 1.09 bits per heavy atom. The largest absolute Gasteiger partial charge is 0.461 e. The van der Waals surface area contributed by atoms with E-state index in [4.69, 9.17) is 4.74 Å². The van der Waals surface area contributed by atoms with Crippen molar-refractivity contribution in [3.05, 3.63) is 65.7 Å². The molecule has 6 nitrogen and oxygen atoms in total. The number of aryl methyl sites for hydroxylation is 1. The van der Waals surface area contributed by atoms with Crippen LogP contribution in [-0.4, -0.2) is 48.6 Å². The monoisotopic (exact) mass is 489 g/mol. The molecule has 0 unspecified atom stereocenters. The van der Waals surface area contributed by atoms with Gasteiger partial charge in [0.25, 0.3) is 0 Å². The van der Waals surface area contributed by atoms with Crippen molar-refractivity contribution >= 4 is 33.5 Å². The van der Waals surface area contributed by atoms with Crippen molar-refractivity contribution in [2.45, 2.75) is 44.7 Å². The molecule has 0 aromatic heterocycles. The minimum Gasteiger partial charge on any atom is -0.461 e. The molecule has 1 aliphatic heterocycles. The predicted molar refractivity (Wildman–Crippen MR) is 130 cm³/mol. The summed E-state index contributed by atoms with van der Waals surface area (Å²) in [5.41, 5.74) is 1.84. The normalized spacial score (nSPS) is 18.1. The Labute approximate surface area is 200 Å². The van der Waals surface area contributed by atoms with Crippen molar-refractivity contribution in [1.82, 2.24) is 4.31 Å². The topological polar surface area (TPSA) is 80.8 Å². The average molecular weight is 490 g/mol. The van der Waals surface area contributed by atoms with E-state index in [2.05, 4.69) is 0 Å². The summed E-state index contributed by atoms with van der Waals surface area (Å²) in [7, 11) is -3.81. The van der Waals surface area contributed by atoms with Crippen molar-refractivity contribution in [2.75, 3.05) is 18.1 Å². The number of esters is 1. The van der Waals surface area contributed by atoms with Crippen LogP contribution in [0.1, 0.15) is 31.4 Å². The highest BCUT2D eigenvalue weighted by atomic mass is 32.2. The molecule has 178 valence electrons. The number of rotatable bonds is 9. The van der Waals surface area contributed by atoms with Gasteiger partial charge in [0.2, 0.25) is 10.0 Å². The van der Waals surface area contributed by atoms with Gasteiger partial charge in [-0.05, 0) is 30.5 Å². The highest BCUT2D eigenvalue weighted by molar-refractivity contribution is 7.99. The van der Waals surface area contributed by atoms with Gasteiger partial charge in [-0.15, -0.1) is 0 Å². The van der Waals surface area contributed by atoms with E-state index >= 15 is 0 Å². The second kappa shape index (κ2) is 11.3. The number of Topliss-reactive ketones (excluding diaryl/α,β-unsaturated/α-hetero) is 1. The van der Waals surface area contributed by atoms with E-state index < -0.39 is 28.0 Å². The van der Waals surface area contributed by atoms with Crippen molar-refractivity contribution < 1.29 is 22.7 Å². The summed E-state index contributed by atoms with van der Waals surface area (Å²) in [6.07, 6.45) is -0.0452. The van der Waals surface area contributed by atoms with Gasteiger partial charge < -0.3 is 4.74 Å². The van der Waals surface area contributed by atoms with Gasteiger partial charge in [0.15, 0.2) is 5.78 Å². The van der Waals surface area contributed by atoms with E-state index in [-0.39, 0.29) is 36.2 Å². The molecule has 3 rings (SSSR count). The summed E-state index contributed by atoms with van der Waals surface area (Å²) in [5.74, 6) is -0.408. The van der Waals surface area contributed by atoms with Crippen LogP contribution in [0.15, 0.2) is 59.5 Å². The first-order valence-electron chi connectivity index (χ1n) is 11.1. The standard InChI is InChI=1S/C25H31NO5S2/c1-18(2)22(25(28)31-16-20-7-5-4-6-8-20)15-24(27)23-17-32-14-13-26(23)33(29,30)21-11-9-19(3)10-12-21/h4-12,18,22-23H,13-17H2,1-3H3/t22-,23-/m0/s1. The molecular weight excluding hydrogens is 458 g/mol. The average Bonchev–Trinajstić information content (AvgIpc) is 2.81. The molecule has 0 spiro atoms. The summed E-state index contributed by atoms with van der Waals surface area (Å²) >= 11 is 1.56. The lowest BCUT2D eigenvalue weighted by Gasteiger charge is -2.34. The molecule has 0 saturated carbocycles. The number of nitrogens with zero attached hydrogens (tertiary/aromatic N) is 1. The molecular formula is C25H31NO5S2. The van der Waals surface area contributed by atoms with Crippen LogP contribution in [0.3, 0.4) is 0 Å². The van der Waals surface area contributed by atoms with Gasteiger partial charge >= 0.3 is 5.97 Å². The number of ether oxygens (including phenoxy) is 1. The molecule has 1 fully saturated rings. The number of hydrogen-bond acceptors (Lipinski definition) is 6. The molecule has 1 saturated heterocycles. The van der Waals surface area contributed by atoms with Crippen molar-refractivity contribution in [1.29, 1.82) is 0 Å². The summed E-state index contributed by atoms with van der Waals surface area (Å²) in [4.78, 5) is 26.3. The first kappa shape index (κ1) is 25.5. The number of benzene rings is 2. The van der Waals surface area contributed by atoms with Crippen LogP contribution in [0, 0.1) is 18.8 Å². The SMILES string of the molecule is Cc1ccc(S(=O)(=O)N2CCSC[C@H]2C(=O)C[C@H](C(=O)OCc2ccccc2)C(C)C)cc1. The minimum absolute atomic E-state index is 0.0452. The quantitative estimate of drug-likeness (QED) is 0.494. The van der Waals surface area contributed by atoms with E-state index in [0.29, 0.717) is 11.5 Å². The summed E-state index contributed by atoms with van der Waals surface area (Å²) < 4.78 is 33.4. The summed E-state index contributed by atoms with van der Waals surface area (Å²) in [6, 6.07) is 15.2. The Kier molecular flexibility index (Phi) is 8.73. The molecule has 1 aliphatic rings. The number of hydrogen-bond donors (Lipinski definition) is 0. The fraction of sp³-hybridized carbons (Fsp3) is 0.440. The zero-order chi connectivity index (χ0) is 24.0. The van der Waals surface area contributed by atoms with Gasteiger partial charge in [-0.3, -0.25) is 9.59 Å². The number of carbonyl (C=O) groups is 2. The maximum Gasteiger partial charge on any atom is 0.309 e. The zero-order valence-corrected chi connectivity index (χ0v) is 20.9. The molecule has 0 amide bonds. The van der Waals surface area contributed by atoms with Crippen molar-refractivity contribution in [3.63, 3.8) is 0 Å². The Hall–Kier alpha value is -2.16. The third kappa shape index (κ3) is 6.46. The minimum atomic E-state index is -3.81. The van der Waals surface area contributed by atoms with Gasteiger partial charge in [0.05, 0.1) is 16.9 Å². The molecule has 33 heavy (non-hydrogen) atoms. The van der Waals surface area contributed by atoms with Gasteiger partial charge in [0.1, 0.15) is 6.61 Å². The first-order valence-corrected chi connectivity index (χ1v) is 13.7. The van der Waals surface area contributed by atoms with Gasteiger partial charge in [-0.1, -0.05) is 61.9 Å². The van der Waals surface area contributed by atoms with Crippen LogP contribution < -0.4 is 0 Å². The molecule has 0 radical (unpaired) electrons. The predicted octanol–water partition coefficient (Wildman–Crippen LogP) is 4.08. The first-order chi connectivity index (χ1) is 15.7. The maximum atomic E-state index is 13.3. The number of sulfonamides is 1. The molecule has 0 aliphatic carbocycles. The highest BCUT2D eigenvalue weighted by Gasteiger charge is 2.39. The van der Waals surface area contributed by atoms with Crippen LogP contribution in [0.4, 0.5) is 0 Å². The summed E-state index contributed by atoms with van der Waals surface area (Å²) in [6.45, 7) is 6.05. The second-order valence-electron chi connectivity index (χ2n) is 8.63. The lowest BCUT2D eigenvalue weighted by Crippen LogP contribution is -2.50. The number of thioether (sulfide) groups is 1. The van der Waals surface area contributed by atoms with E-state index in [0.717, 1.165) is 11.1 Å². The molecule has 2 atom stereocenters. The van der Waals surface area contributed by atoms with Crippen LogP contribution in [0.5, 0.6) is 0 Å². The molecule has 8 heteroatoms. The van der Waals surface area contributed by atoms with Crippen LogP contribution in [0.25, 0.3) is 0 Å². The summed E-state index contributed by atoms with van der Waals surface area (Å²) in [5, 5.41) is 0. The lowest BCUT2D eigenvalue weighted by atomic mass is 9.89. The van der Waals surface area contributed by atoms with Gasteiger partial charge in [-0.25, -0.2) is 8.42 Å². The highest BCUT2D eigenvalue weighted by Crippen LogP contribution is 2.28. The van der Waals surface area contributed by atoms with Crippen LogP contribution in [0.2, 0.25) is 0 Å². The fourth-order valence-electron chi connectivity index (χ4n) is 3.76. The number of carbonyl (C=O) groups excluding carboxylic acids is 2. The molecule has 2 aromatic rings. The molecule has 0 N–H and O–H groups in total. The van der Waals surface area contributed by atoms with Crippen LogP contribution >= 0.6 is 11.8 Å². The fourth-order valence-corrected chi connectivity index (χ4v) is 6.66. The number of ketones is 1. The van der Waals surface area contributed by atoms with Gasteiger partial charge in [-0.2, -0.15) is 16.1 Å². The third-order valence-corrected chi connectivity index (χ3v) is 8.78. The van der Waals surface area contributed by atoms with Gasteiger partial charge in [0, 0.05) is 24.5 Å². The van der Waals surface area contributed by atoms with Crippen LogP contribution in [-0.2, 0) is 31.0 Å². The van der Waals surface area contributed by atoms with E-state index in [1.54, 1.807) is 36.0 Å². The molecule has 0 bridgehead atoms.